The number of hydrogen-bond acceptors (Lipinski definition) is 4. The van der Waals surface area contributed by atoms with Crippen molar-refractivity contribution in [1.29, 1.82) is 0 Å². The summed E-state index contributed by atoms with van der Waals surface area (Å²) in [5.74, 6) is 0.0804. The number of amides is 1. The fourth-order valence-electron chi connectivity index (χ4n) is 3.37. The molecule has 20 heavy (non-hydrogen) atoms. The Kier molecular flexibility index (Phi) is 2.94. The molecule has 3 aliphatic rings. The van der Waals surface area contributed by atoms with E-state index in [9.17, 15) is 9.59 Å². The van der Waals surface area contributed by atoms with Gasteiger partial charge in [-0.15, -0.1) is 0 Å². The summed E-state index contributed by atoms with van der Waals surface area (Å²) >= 11 is 0. The van der Waals surface area contributed by atoms with Gasteiger partial charge in [0, 0.05) is 13.0 Å². The average Bonchev–Trinajstić information content (AvgIpc) is 2.64. The number of nitrogens with zero attached hydrogens (tertiary/aromatic N) is 1. The third kappa shape index (κ3) is 2.14. The van der Waals surface area contributed by atoms with E-state index < -0.39 is 23.3 Å². The number of carbonyl (C=O) groups is 2. The fourth-order valence-corrected chi connectivity index (χ4v) is 3.37. The summed E-state index contributed by atoms with van der Waals surface area (Å²) in [5, 5.41) is 0. The molecule has 3 rings (SSSR count). The van der Waals surface area contributed by atoms with E-state index in [1.165, 1.54) is 0 Å². The van der Waals surface area contributed by atoms with Crippen LogP contribution >= 0.6 is 0 Å². The van der Waals surface area contributed by atoms with Crippen LogP contribution < -0.4 is 0 Å². The monoisotopic (exact) mass is 279 g/mol. The van der Waals surface area contributed by atoms with Gasteiger partial charge >= 0.3 is 6.09 Å². The van der Waals surface area contributed by atoms with E-state index in [1.807, 2.05) is 32.9 Å². The van der Waals surface area contributed by atoms with Gasteiger partial charge in [0.2, 0.25) is 0 Å². The highest BCUT2D eigenvalue weighted by atomic mass is 16.6. The molecule has 5 heteroatoms. The molecule has 2 saturated heterocycles. The number of Topliss-reactive ketones (excluding diaryl/α,β-unsaturated/α-hetero) is 1. The van der Waals surface area contributed by atoms with E-state index >= 15 is 0 Å². The smallest absolute Gasteiger partial charge is 0.411 e. The van der Waals surface area contributed by atoms with Gasteiger partial charge in [-0.25, -0.2) is 4.79 Å². The van der Waals surface area contributed by atoms with Crippen molar-refractivity contribution in [2.75, 3.05) is 6.54 Å². The van der Waals surface area contributed by atoms with Crippen molar-refractivity contribution in [3.63, 3.8) is 0 Å². The van der Waals surface area contributed by atoms with Crippen LogP contribution in [-0.4, -0.2) is 46.7 Å². The maximum Gasteiger partial charge on any atom is 0.411 e. The minimum Gasteiger partial charge on any atom is -0.444 e. The zero-order chi connectivity index (χ0) is 14.5. The van der Waals surface area contributed by atoms with Gasteiger partial charge in [0.1, 0.15) is 17.2 Å². The predicted molar refractivity (Wildman–Crippen MR) is 72.3 cm³/mol. The van der Waals surface area contributed by atoms with E-state index in [2.05, 4.69) is 0 Å². The molecule has 0 aromatic heterocycles. The summed E-state index contributed by atoms with van der Waals surface area (Å²) < 4.78 is 11.4. The summed E-state index contributed by atoms with van der Waals surface area (Å²) in [5.41, 5.74) is -1.18. The Balaban J connectivity index is 1.87. The molecule has 2 fully saturated rings. The maximum atomic E-state index is 12.4. The summed E-state index contributed by atoms with van der Waals surface area (Å²) in [6.07, 6.45) is 5.35. The van der Waals surface area contributed by atoms with E-state index in [0.29, 0.717) is 13.0 Å². The molecule has 1 amide bonds. The second-order valence-corrected chi connectivity index (χ2v) is 6.82. The second kappa shape index (κ2) is 4.32. The molecule has 2 bridgehead atoms. The third-order valence-electron chi connectivity index (χ3n) is 4.04. The van der Waals surface area contributed by atoms with Crippen molar-refractivity contribution in [1.82, 2.24) is 4.90 Å². The Bertz CT molecular complexity index is 479. The molecule has 3 aliphatic heterocycles. The lowest BCUT2D eigenvalue weighted by Gasteiger charge is -2.48. The molecule has 1 spiro atoms. The van der Waals surface area contributed by atoms with E-state index in [0.717, 1.165) is 12.8 Å². The minimum absolute atomic E-state index is 0.0804. The highest BCUT2D eigenvalue weighted by Crippen LogP contribution is 2.43. The summed E-state index contributed by atoms with van der Waals surface area (Å²) in [6, 6.07) is -0.527. The number of fused-ring (bicyclic) bond motifs is 1. The summed E-state index contributed by atoms with van der Waals surface area (Å²) in [7, 11) is 0. The Morgan fingerprint density at radius 2 is 2.25 bits per heavy atom. The lowest BCUT2D eigenvalue weighted by atomic mass is 9.81. The van der Waals surface area contributed by atoms with Gasteiger partial charge in [-0.05, 0) is 33.6 Å². The quantitative estimate of drug-likeness (QED) is 0.637. The molecule has 3 heterocycles. The topological polar surface area (TPSA) is 55.8 Å². The van der Waals surface area contributed by atoms with E-state index in [-0.39, 0.29) is 11.9 Å². The zero-order valence-electron chi connectivity index (χ0n) is 12.2. The van der Waals surface area contributed by atoms with Gasteiger partial charge in [0.15, 0.2) is 5.78 Å². The van der Waals surface area contributed by atoms with Crippen LogP contribution in [0.1, 0.15) is 40.0 Å². The summed E-state index contributed by atoms with van der Waals surface area (Å²) in [4.78, 5) is 26.3. The number of likely N-dealkylation sites (tertiary alicyclic amines) is 1. The summed E-state index contributed by atoms with van der Waals surface area (Å²) in [6.45, 7) is 6.04. The second-order valence-electron chi connectivity index (χ2n) is 6.82. The SMILES string of the molecule is CC(C)(C)OC(=O)N1CCC[C@@]23C=C[C@@H](CC(=O)[C@H]12)O3. The normalized spacial score (nSPS) is 36.0. The maximum absolute atomic E-state index is 12.4. The Morgan fingerprint density at radius 3 is 2.95 bits per heavy atom. The molecule has 5 nitrogen and oxygen atoms in total. The first-order valence-corrected chi connectivity index (χ1v) is 7.20. The van der Waals surface area contributed by atoms with Crippen LogP contribution in [0.4, 0.5) is 4.79 Å². The predicted octanol–water partition coefficient (Wildman–Crippen LogP) is 2.05. The van der Waals surface area contributed by atoms with Crippen LogP contribution in [0.25, 0.3) is 0 Å². The van der Waals surface area contributed by atoms with Gasteiger partial charge in [-0.1, -0.05) is 12.2 Å². The first kappa shape index (κ1) is 13.6. The molecule has 0 saturated carbocycles. The van der Waals surface area contributed by atoms with Crippen molar-refractivity contribution < 1.29 is 19.1 Å². The molecule has 0 radical (unpaired) electrons. The number of piperidine rings is 1. The standard InChI is InChI=1S/C15H21NO4/c1-14(2,3)20-13(18)16-8-4-6-15-7-5-10(19-15)9-11(17)12(15)16/h5,7,10,12H,4,6,8-9H2,1-3H3/t10-,12-,15+/m0/s1. The number of ketones is 1. The first-order chi connectivity index (χ1) is 9.31. The number of carbonyl (C=O) groups excluding carboxylic acids is 2. The Labute approximate surface area is 118 Å². The largest absolute Gasteiger partial charge is 0.444 e. The lowest BCUT2D eigenvalue weighted by Crippen LogP contribution is -2.64. The average molecular weight is 279 g/mol. The zero-order valence-corrected chi connectivity index (χ0v) is 12.2. The van der Waals surface area contributed by atoms with Crippen molar-refractivity contribution in [2.45, 2.75) is 63.4 Å². The molecule has 0 aliphatic carbocycles. The van der Waals surface area contributed by atoms with Gasteiger partial charge in [-0.2, -0.15) is 0 Å². The molecule has 110 valence electrons. The lowest BCUT2D eigenvalue weighted by molar-refractivity contribution is -0.161. The first-order valence-electron chi connectivity index (χ1n) is 7.20. The molecule has 0 unspecified atom stereocenters. The van der Waals surface area contributed by atoms with E-state index in [4.69, 9.17) is 9.47 Å². The van der Waals surface area contributed by atoms with Crippen LogP contribution in [0, 0.1) is 0 Å². The minimum atomic E-state index is -0.616. The Hall–Kier alpha value is -1.36. The number of hydrogen-bond donors (Lipinski definition) is 0. The van der Waals surface area contributed by atoms with Crippen LogP contribution in [-0.2, 0) is 14.3 Å². The van der Waals surface area contributed by atoms with Gasteiger partial charge in [-0.3, -0.25) is 9.69 Å². The third-order valence-corrected chi connectivity index (χ3v) is 4.04. The highest BCUT2D eigenvalue weighted by molar-refractivity contribution is 5.91. The van der Waals surface area contributed by atoms with Crippen molar-refractivity contribution in [3.05, 3.63) is 12.2 Å². The fraction of sp³-hybridized carbons (Fsp3) is 0.733. The highest BCUT2D eigenvalue weighted by Gasteiger charge is 2.56. The van der Waals surface area contributed by atoms with Crippen molar-refractivity contribution in [2.24, 2.45) is 0 Å². The molecular formula is C15H21NO4. The van der Waals surface area contributed by atoms with Crippen LogP contribution in [0.2, 0.25) is 0 Å². The van der Waals surface area contributed by atoms with Crippen LogP contribution in [0.3, 0.4) is 0 Å². The van der Waals surface area contributed by atoms with Crippen molar-refractivity contribution in [3.8, 4) is 0 Å². The molecule has 0 N–H and O–H groups in total. The number of ether oxygens (including phenoxy) is 2. The van der Waals surface area contributed by atoms with Gasteiger partial charge in [0.25, 0.3) is 0 Å². The van der Waals surface area contributed by atoms with Crippen LogP contribution in [0.5, 0.6) is 0 Å². The van der Waals surface area contributed by atoms with Crippen LogP contribution in [0.15, 0.2) is 12.2 Å². The van der Waals surface area contributed by atoms with E-state index in [1.54, 1.807) is 4.90 Å². The molecule has 3 atom stereocenters. The Morgan fingerprint density at radius 1 is 1.50 bits per heavy atom. The van der Waals surface area contributed by atoms with Gasteiger partial charge < -0.3 is 9.47 Å². The number of rotatable bonds is 0. The molecular weight excluding hydrogens is 258 g/mol. The van der Waals surface area contributed by atoms with Crippen molar-refractivity contribution >= 4 is 11.9 Å². The van der Waals surface area contributed by atoms with Gasteiger partial charge in [0.05, 0.1) is 6.10 Å². The molecule has 0 aromatic carbocycles. The molecule has 0 aromatic rings.